The summed E-state index contributed by atoms with van der Waals surface area (Å²) < 4.78 is 5.11. The third-order valence-corrected chi connectivity index (χ3v) is 2.39. The van der Waals surface area contributed by atoms with Crippen LogP contribution in [0.25, 0.3) is 11.5 Å². The highest BCUT2D eigenvalue weighted by atomic mass is 16.5. The lowest BCUT2D eigenvalue weighted by molar-refractivity contribution is 0.101. The summed E-state index contributed by atoms with van der Waals surface area (Å²) in [6.07, 6.45) is 0. The van der Waals surface area contributed by atoms with Crippen molar-refractivity contribution >= 4 is 5.78 Å². The third-order valence-electron chi connectivity index (χ3n) is 2.39. The Bertz CT molecular complexity index is 544. The Kier molecular flexibility index (Phi) is 2.56. The van der Waals surface area contributed by atoms with E-state index in [1.54, 1.807) is 13.0 Å². The van der Waals surface area contributed by atoms with Crippen LogP contribution in [0.5, 0.6) is 0 Å². The molecule has 0 bridgehead atoms. The van der Waals surface area contributed by atoms with Gasteiger partial charge in [0, 0.05) is 5.56 Å². The molecule has 0 fully saturated rings. The number of rotatable bonds is 2. The fourth-order valence-electron chi connectivity index (χ4n) is 1.64. The van der Waals surface area contributed by atoms with Crippen LogP contribution in [0.4, 0.5) is 0 Å². The zero-order valence-electron chi connectivity index (χ0n) is 9.44. The molecule has 2 aromatic rings. The number of carbonyl (C=O) groups excluding carboxylic acids is 1. The van der Waals surface area contributed by atoms with E-state index in [0.717, 1.165) is 11.1 Å². The largest absolute Gasteiger partial charge is 0.334 e. The minimum absolute atomic E-state index is 0.00504. The van der Waals surface area contributed by atoms with E-state index in [0.29, 0.717) is 17.3 Å². The molecule has 0 atom stereocenters. The van der Waals surface area contributed by atoms with Gasteiger partial charge in [-0.15, -0.1) is 0 Å². The Hall–Kier alpha value is -1.97. The molecular formula is C12H12N2O2. The summed E-state index contributed by atoms with van der Waals surface area (Å²) in [6.45, 7) is 5.20. The molecule has 0 radical (unpaired) electrons. The maximum Gasteiger partial charge on any atom is 0.258 e. The number of hydrogen-bond acceptors (Lipinski definition) is 4. The summed E-state index contributed by atoms with van der Waals surface area (Å²) in [5.41, 5.74) is 2.30. The molecule has 0 aliphatic carbocycles. The highest BCUT2D eigenvalue weighted by Crippen LogP contribution is 2.26. The number of hydrogen-bond donors (Lipinski definition) is 0. The monoisotopic (exact) mass is 216 g/mol. The molecule has 0 aliphatic rings. The van der Waals surface area contributed by atoms with Gasteiger partial charge in [0.1, 0.15) is 0 Å². The van der Waals surface area contributed by atoms with Gasteiger partial charge in [-0.3, -0.25) is 4.79 Å². The van der Waals surface area contributed by atoms with Gasteiger partial charge in [0.15, 0.2) is 11.6 Å². The van der Waals surface area contributed by atoms with Crippen LogP contribution in [0.1, 0.15) is 28.7 Å². The van der Waals surface area contributed by atoms with Gasteiger partial charge in [-0.05, 0) is 26.3 Å². The first-order valence-corrected chi connectivity index (χ1v) is 5.01. The van der Waals surface area contributed by atoms with E-state index in [1.165, 1.54) is 6.92 Å². The van der Waals surface area contributed by atoms with Crippen molar-refractivity contribution < 1.29 is 9.32 Å². The van der Waals surface area contributed by atoms with Gasteiger partial charge in [0.25, 0.3) is 5.89 Å². The Morgan fingerprint density at radius 1 is 1.31 bits per heavy atom. The van der Waals surface area contributed by atoms with Gasteiger partial charge < -0.3 is 4.52 Å². The van der Waals surface area contributed by atoms with Crippen molar-refractivity contribution in [1.29, 1.82) is 0 Å². The average Bonchev–Trinajstić information content (AvgIpc) is 2.64. The minimum Gasteiger partial charge on any atom is -0.334 e. The second-order valence-electron chi connectivity index (χ2n) is 3.70. The molecule has 16 heavy (non-hydrogen) atoms. The number of ketones is 1. The van der Waals surface area contributed by atoms with E-state index in [-0.39, 0.29) is 5.78 Å². The summed E-state index contributed by atoms with van der Waals surface area (Å²) in [5, 5.41) is 3.74. The van der Waals surface area contributed by atoms with Crippen molar-refractivity contribution in [3.8, 4) is 11.5 Å². The molecule has 1 aromatic heterocycles. The number of aromatic nitrogens is 2. The predicted molar refractivity (Wildman–Crippen MR) is 59.2 cm³/mol. The maximum atomic E-state index is 11.5. The molecule has 4 nitrogen and oxygen atoms in total. The average molecular weight is 216 g/mol. The van der Waals surface area contributed by atoms with Crippen molar-refractivity contribution in [2.24, 2.45) is 0 Å². The van der Waals surface area contributed by atoms with E-state index >= 15 is 0 Å². The van der Waals surface area contributed by atoms with Crippen LogP contribution in [-0.4, -0.2) is 15.9 Å². The second-order valence-corrected chi connectivity index (χ2v) is 3.70. The standard InChI is InChI=1S/C12H12N2O2/c1-7-5-4-6-10(8(2)15)11(7)12-13-9(3)14-16-12/h4-6H,1-3H3. The summed E-state index contributed by atoms with van der Waals surface area (Å²) in [7, 11) is 0. The van der Waals surface area contributed by atoms with Crippen LogP contribution in [0.3, 0.4) is 0 Å². The highest BCUT2D eigenvalue weighted by molar-refractivity contribution is 6.00. The number of nitrogens with zero attached hydrogens (tertiary/aromatic N) is 2. The fourth-order valence-corrected chi connectivity index (χ4v) is 1.64. The number of aryl methyl sites for hydroxylation is 2. The van der Waals surface area contributed by atoms with E-state index in [9.17, 15) is 4.79 Å². The van der Waals surface area contributed by atoms with Crippen molar-refractivity contribution in [3.05, 3.63) is 35.2 Å². The third kappa shape index (κ3) is 1.74. The van der Waals surface area contributed by atoms with Crippen LogP contribution in [-0.2, 0) is 0 Å². The van der Waals surface area contributed by atoms with Crippen molar-refractivity contribution in [3.63, 3.8) is 0 Å². The molecule has 82 valence electrons. The molecule has 0 spiro atoms. The topological polar surface area (TPSA) is 56.0 Å². The van der Waals surface area contributed by atoms with Crippen molar-refractivity contribution in [2.45, 2.75) is 20.8 Å². The van der Waals surface area contributed by atoms with E-state index < -0.39 is 0 Å². The van der Waals surface area contributed by atoms with E-state index in [2.05, 4.69) is 10.1 Å². The van der Waals surface area contributed by atoms with Gasteiger partial charge in [0.05, 0.1) is 5.56 Å². The molecule has 0 N–H and O–H groups in total. The highest BCUT2D eigenvalue weighted by Gasteiger charge is 2.16. The zero-order valence-corrected chi connectivity index (χ0v) is 9.44. The second kappa shape index (κ2) is 3.89. The lowest BCUT2D eigenvalue weighted by atomic mass is 9.99. The first-order chi connectivity index (χ1) is 7.59. The summed E-state index contributed by atoms with van der Waals surface area (Å²) in [5.74, 6) is 0.961. The minimum atomic E-state index is -0.00504. The SMILES string of the molecule is CC(=O)c1cccc(C)c1-c1nc(C)no1. The summed E-state index contributed by atoms with van der Waals surface area (Å²) in [4.78, 5) is 15.7. The molecule has 0 saturated carbocycles. The van der Waals surface area contributed by atoms with Gasteiger partial charge >= 0.3 is 0 Å². The molecular weight excluding hydrogens is 204 g/mol. The molecule has 2 rings (SSSR count). The molecule has 0 aliphatic heterocycles. The molecule has 1 aromatic carbocycles. The van der Waals surface area contributed by atoms with Crippen molar-refractivity contribution in [1.82, 2.24) is 10.1 Å². The first kappa shape index (κ1) is 10.5. The molecule has 0 amide bonds. The lowest BCUT2D eigenvalue weighted by Gasteiger charge is -2.05. The smallest absolute Gasteiger partial charge is 0.258 e. The van der Waals surface area contributed by atoms with Crippen LogP contribution in [0.15, 0.2) is 22.7 Å². The van der Waals surface area contributed by atoms with Crippen LogP contribution < -0.4 is 0 Å². The Balaban J connectivity index is 2.67. The van der Waals surface area contributed by atoms with Gasteiger partial charge in [-0.1, -0.05) is 23.4 Å². The maximum absolute atomic E-state index is 11.5. The molecule has 1 heterocycles. The number of carbonyl (C=O) groups is 1. The quantitative estimate of drug-likeness (QED) is 0.724. The van der Waals surface area contributed by atoms with Crippen LogP contribution in [0, 0.1) is 13.8 Å². The molecule has 0 saturated heterocycles. The van der Waals surface area contributed by atoms with Gasteiger partial charge in [0.2, 0.25) is 0 Å². The van der Waals surface area contributed by atoms with E-state index in [1.807, 2.05) is 19.1 Å². The van der Waals surface area contributed by atoms with Gasteiger partial charge in [-0.2, -0.15) is 4.98 Å². The fraction of sp³-hybridized carbons (Fsp3) is 0.250. The Morgan fingerprint density at radius 2 is 2.06 bits per heavy atom. The molecule has 4 heteroatoms. The van der Waals surface area contributed by atoms with Gasteiger partial charge in [-0.25, -0.2) is 0 Å². The summed E-state index contributed by atoms with van der Waals surface area (Å²) >= 11 is 0. The molecule has 0 unspecified atom stereocenters. The van der Waals surface area contributed by atoms with E-state index in [4.69, 9.17) is 4.52 Å². The Morgan fingerprint density at radius 3 is 2.62 bits per heavy atom. The number of benzene rings is 1. The zero-order chi connectivity index (χ0) is 11.7. The number of Topliss-reactive ketones (excluding diaryl/α,β-unsaturated/α-hetero) is 1. The summed E-state index contributed by atoms with van der Waals surface area (Å²) in [6, 6.07) is 5.53. The predicted octanol–water partition coefficient (Wildman–Crippen LogP) is 2.56. The Labute approximate surface area is 93.3 Å². The van der Waals surface area contributed by atoms with Crippen LogP contribution in [0.2, 0.25) is 0 Å². The lowest BCUT2D eigenvalue weighted by Crippen LogP contribution is -1.98. The van der Waals surface area contributed by atoms with Crippen molar-refractivity contribution in [2.75, 3.05) is 0 Å². The first-order valence-electron chi connectivity index (χ1n) is 5.01. The van der Waals surface area contributed by atoms with Crippen LogP contribution >= 0.6 is 0 Å². The normalized spacial score (nSPS) is 10.4.